The number of hydrogen-bond acceptors (Lipinski definition) is 10. The number of nitrogens with zero attached hydrogens (tertiary/aromatic N) is 3. The topological polar surface area (TPSA) is 157 Å². The van der Waals surface area contributed by atoms with Crippen LogP contribution in [0.15, 0.2) is 77.3 Å². The number of piperazine rings is 1. The van der Waals surface area contributed by atoms with Gasteiger partial charge in [0.15, 0.2) is 0 Å². The fourth-order valence-corrected chi connectivity index (χ4v) is 7.42. The standard InChI is InChI=1S/C41H51N5O7/c1-5-52-40(51)30-18-29-20-32(53-39(29)42-22-30)24-45-15-16-46(34(25-45)38(50)44-41(2,3)4)23-31(47)19-28(17-26-11-7-6-8-12-26)37(49)43-36-33-14-10-9-13-27(33)21-35(36)48/h6-14,18,20,22,28,31,34-36,47-48H,5,15-17,19,21,23-25H2,1-4H3,(H,43,49)(H,44,50)/t28-,31+,34+,35-,36+/m1/s1. The molecule has 0 radical (unpaired) electrons. The smallest absolute Gasteiger partial charge is 0.339 e. The number of carbonyl (C=O) groups excluding carboxylic acids is 3. The second-order valence-electron chi connectivity index (χ2n) is 15.3. The first-order valence-corrected chi connectivity index (χ1v) is 18.5. The van der Waals surface area contributed by atoms with E-state index in [2.05, 4.69) is 20.5 Å². The Morgan fingerprint density at radius 1 is 1.06 bits per heavy atom. The van der Waals surface area contributed by atoms with Gasteiger partial charge in [0, 0.05) is 55.6 Å². The minimum atomic E-state index is -0.901. The number of rotatable bonds is 13. The molecule has 282 valence electrons. The monoisotopic (exact) mass is 725 g/mol. The van der Waals surface area contributed by atoms with E-state index in [9.17, 15) is 24.6 Å². The van der Waals surface area contributed by atoms with Crippen LogP contribution in [-0.4, -0.2) is 99.4 Å². The second kappa shape index (κ2) is 16.6. The van der Waals surface area contributed by atoms with E-state index >= 15 is 0 Å². The van der Waals surface area contributed by atoms with Gasteiger partial charge < -0.3 is 30.0 Å². The Labute approximate surface area is 310 Å². The van der Waals surface area contributed by atoms with Gasteiger partial charge in [-0.15, -0.1) is 0 Å². The lowest BCUT2D eigenvalue weighted by Crippen LogP contribution is -2.61. The number of aliphatic hydroxyl groups is 2. The number of pyridine rings is 1. The predicted molar refractivity (Wildman–Crippen MR) is 200 cm³/mol. The summed E-state index contributed by atoms with van der Waals surface area (Å²) in [5.74, 6) is -0.730. The molecule has 0 bridgehead atoms. The summed E-state index contributed by atoms with van der Waals surface area (Å²) in [7, 11) is 0. The van der Waals surface area contributed by atoms with Crippen molar-refractivity contribution < 1.29 is 33.8 Å². The maximum Gasteiger partial charge on any atom is 0.339 e. The second-order valence-corrected chi connectivity index (χ2v) is 15.3. The SMILES string of the molecule is CCOC(=O)c1cnc2oc(CN3CCN(C[C@@H](O)C[C@@H](Cc4ccccc4)C(=O)N[C@H]4c5ccccc5C[C@H]4O)[C@H](C(=O)NC(C)(C)C)C3)cc2c1. The molecule has 2 aromatic carbocycles. The zero-order chi connectivity index (χ0) is 37.7. The molecular weight excluding hydrogens is 674 g/mol. The third-order valence-corrected chi connectivity index (χ3v) is 9.89. The van der Waals surface area contributed by atoms with Crippen LogP contribution in [0.5, 0.6) is 0 Å². The minimum Gasteiger partial charge on any atom is -0.462 e. The highest BCUT2D eigenvalue weighted by Crippen LogP contribution is 2.32. The Hall–Kier alpha value is -4.62. The Balaban J connectivity index is 1.15. The van der Waals surface area contributed by atoms with Crippen LogP contribution >= 0.6 is 0 Å². The number of benzene rings is 2. The van der Waals surface area contributed by atoms with Crippen molar-refractivity contribution in [3.63, 3.8) is 0 Å². The highest BCUT2D eigenvalue weighted by molar-refractivity contribution is 5.92. The molecule has 2 amide bonds. The summed E-state index contributed by atoms with van der Waals surface area (Å²) in [6.45, 7) is 9.95. The molecule has 4 N–H and O–H groups in total. The number of esters is 1. The molecule has 2 aliphatic rings. The molecule has 5 atom stereocenters. The number of aromatic nitrogens is 1. The highest BCUT2D eigenvalue weighted by Gasteiger charge is 2.37. The predicted octanol–water partition coefficient (Wildman–Crippen LogP) is 3.79. The van der Waals surface area contributed by atoms with Crippen molar-refractivity contribution in [1.29, 1.82) is 0 Å². The first-order valence-electron chi connectivity index (χ1n) is 18.5. The van der Waals surface area contributed by atoms with Crippen LogP contribution in [0.3, 0.4) is 0 Å². The molecule has 12 heteroatoms. The van der Waals surface area contributed by atoms with E-state index in [1.165, 1.54) is 6.20 Å². The number of aliphatic hydroxyl groups excluding tert-OH is 2. The number of nitrogens with one attached hydrogen (secondary N) is 2. The van der Waals surface area contributed by atoms with Crippen molar-refractivity contribution >= 4 is 28.9 Å². The fraction of sp³-hybridized carbons (Fsp3) is 0.463. The summed E-state index contributed by atoms with van der Waals surface area (Å²) in [6, 6.07) is 19.9. The Bertz CT molecular complexity index is 1890. The number of β-amino-alcohol motifs (C(OH)–C–C–N with tert-alkyl or cyclic N) is 1. The maximum absolute atomic E-state index is 13.9. The Kier molecular flexibility index (Phi) is 11.9. The number of furan rings is 1. The Morgan fingerprint density at radius 3 is 2.57 bits per heavy atom. The summed E-state index contributed by atoms with van der Waals surface area (Å²) in [4.78, 5) is 48.4. The zero-order valence-corrected chi connectivity index (χ0v) is 31.0. The van der Waals surface area contributed by atoms with Gasteiger partial charge in [0.05, 0.1) is 37.0 Å². The third-order valence-electron chi connectivity index (χ3n) is 9.89. The maximum atomic E-state index is 13.9. The molecule has 2 aromatic heterocycles. The molecule has 53 heavy (non-hydrogen) atoms. The third kappa shape index (κ3) is 9.68. The number of hydrogen-bond donors (Lipinski definition) is 4. The lowest BCUT2D eigenvalue weighted by atomic mass is 9.91. The molecule has 1 aliphatic carbocycles. The average molecular weight is 726 g/mol. The molecule has 4 aromatic rings. The minimum absolute atomic E-state index is 0.146. The van der Waals surface area contributed by atoms with Gasteiger partial charge >= 0.3 is 5.97 Å². The van der Waals surface area contributed by atoms with Crippen molar-refractivity contribution in [1.82, 2.24) is 25.4 Å². The molecule has 0 saturated carbocycles. The highest BCUT2D eigenvalue weighted by atomic mass is 16.5. The lowest BCUT2D eigenvalue weighted by molar-refractivity contribution is -0.132. The van der Waals surface area contributed by atoms with Crippen molar-refractivity contribution in [2.45, 2.75) is 83.3 Å². The number of carbonyl (C=O) groups is 3. The normalized spacial score (nSPS) is 20.5. The van der Waals surface area contributed by atoms with E-state index in [1.807, 2.05) is 86.3 Å². The molecule has 1 aliphatic heterocycles. The van der Waals surface area contributed by atoms with Crippen molar-refractivity contribution in [2.75, 3.05) is 32.8 Å². The summed E-state index contributed by atoms with van der Waals surface area (Å²) in [5.41, 5.74) is 3.20. The van der Waals surface area contributed by atoms with Crippen LogP contribution in [0.2, 0.25) is 0 Å². The quantitative estimate of drug-likeness (QED) is 0.150. The van der Waals surface area contributed by atoms with E-state index in [4.69, 9.17) is 9.15 Å². The van der Waals surface area contributed by atoms with Gasteiger partial charge in [-0.25, -0.2) is 9.78 Å². The average Bonchev–Trinajstić information content (AvgIpc) is 3.67. The molecule has 12 nitrogen and oxygen atoms in total. The van der Waals surface area contributed by atoms with Gasteiger partial charge in [-0.2, -0.15) is 0 Å². The summed E-state index contributed by atoms with van der Waals surface area (Å²) >= 11 is 0. The molecule has 6 rings (SSSR count). The lowest BCUT2D eigenvalue weighted by Gasteiger charge is -2.42. The number of amides is 2. The van der Waals surface area contributed by atoms with Gasteiger partial charge in [-0.3, -0.25) is 19.4 Å². The summed E-state index contributed by atoms with van der Waals surface area (Å²) in [5, 5.41) is 29.4. The largest absolute Gasteiger partial charge is 0.462 e. The van der Waals surface area contributed by atoms with Crippen LogP contribution in [0.25, 0.3) is 11.1 Å². The van der Waals surface area contributed by atoms with Crippen LogP contribution in [0, 0.1) is 5.92 Å². The summed E-state index contributed by atoms with van der Waals surface area (Å²) in [6.07, 6.45) is 0.885. The molecule has 1 saturated heterocycles. The van der Waals surface area contributed by atoms with Crippen LogP contribution in [0.4, 0.5) is 0 Å². The first kappa shape index (κ1) is 38.1. The van der Waals surface area contributed by atoms with Gasteiger partial charge in [0.25, 0.3) is 0 Å². The Morgan fingerprint density at radius 2 is 1.81 bits per heavy atom. The van der Waals surface area contributed by atoms with E-state index in [0.717, 1.165) is 16.7 Å². The molecule has 0 unspecified atom stereocenters. The molecule has 3 heterocycles. The van der Waals surface area contributed by atoms with E-state index in [-0.39, 0.29) is 31.4 Å². The van der Waals surface area contributed by atoms with Crippen LogP contribution < -0.4 is 10.6 Å². The van der Waals surface area contributed by atoms with Gasteiger partial charge in [0.1, 0.15) is 11.8 Å². The molecular formula is C41H51N5O7. The summed E-state index contributed by atoms with van der Waals surface area (Å²) < 4.78 is 11.1. The van der Waals surface area contributed by atoms with E-state index in [1.54, 1.807) is 13.0 Å². The fourth-order valence-electron chi connectivity index (χ4n) is 7.42. The van der Waals surface area contributed by atoms with Crippen molar-refractivity contribution in [3.05, 3.63) is 101 Å². The number of ether oxygens (including phenoxy) is 1. The zero-order valence-electron chi connectivity index (χ0n) is 31.0. The molecule has 1 fully saturated rings. The number of fused-ring (bicyclic) bond motifs is 2. The van der Waals surface area contributed by atoms with Crippen LogP contribution in [-0.2, 0) is 33.7 Å². The molecule has 0 spiro atoms. The van der Waals surface area contributed by atoms with E-state index in [0.29, 0.717) is 61.4 Å². The van der Waals surface area contributed by atoms with Gasteiger partial charge in [-0.1, -0.05) is 54.6 Å². The van der Waals surface area contributed by atoms with Crippen molar-refractivity contribution in [2.24, 2.45) is 5.92 Å². The van der Waals surface area contributed by atoms with Gasteiger partial charge in [0.2, 0.25) is 17.5 Å². The first-order chi connectivity index (χ1) is 25.4. The van der Waals surface area contributed by atoms with E-state index < -0.39 is 41.7 Å². The van der Waals surface area contributed by atoms with Crippen molar-refractivity contribution in [3.8, 4) is 0 Å². The van der Waals surface area contributed by atoms with Gasteiger partial charge in [-0.05, 0) is 69.4 Å². The van der Waals surface area contributed by atoms with Crippen LogP contribution in [0.1, 0.15) is 73.0 Å².